The summed E-state index contributed by atoms with van der Waals surface area (Å²) in [4.78, 5) is 162. The molecule has 622 valence electrons. The van der Waals surface area contributed by atoms with E-state index in [1.54, 1.807) is 55.4 Å². The molecule has 0 spiro atoms. The second-order valence-corrected chi connectivity index (χ2v) is 27.9. The van der Waals surface area contributed by atoms with Crippen LogP contribution in [0.2, 0.25) is 0 Å². The van der Waals surface area contributed by atoms with Crippen molar-refractivity contribution in [3.63, 3.8) is 0 Å². The normalized spacial score (nSPS) is 11.5. The lowest BCUT2D eigenvalue weighted by atomic mass is 9.97. The number of nitrogens with one attached hydrogen (secondary N) is 7. The molecular formula is C85H76N28O11. The Labute approximate surface area is 701 Å². The molecule has 18 rings (SSSR count). The highest BCUT2D eigenvalue weighted by Gasteiger charge is 2.25. The molecule has 124 heavy (non-hydrogen) atoms. The number of H-pyrrole nitrogens is 7. The molecule has 14 heterocycles. The van der Waals surface area contributed by atoms with Crippen molar-refractivity contribution < 1.29 is 19.1 Å². The van der Waals surface area contributed by atoms with Crippen LogP contribution < -0.4 is 38.9 Å². The van der Waals surface area contributed by atoms with Crippen LogP contribution in [0.15, 0.2) is 131 Å². The molecule has 39 heteroatoms. The van der Waals surface area contributed by atoms with Gasteiger partial charge in [0.25, 0.3) is 50.3 Å². The van der Waals surface area contributed by atoms with Gasteiger partial charge in [-0.2, -0.15) is 0 Å². The van der Waals surface area contributed by atoms with Crippen LogP contribution in [0.5, 0.6) is 0 Å². The summed E-state index contributed by atoms with van der Waals surface area (Å²) in [6, 6.07) is 20.7. The van der Waals surface area contributed by atoms with Crippen LogP contribution in [-0.4, -0.2) is 127 Å². The number of nitrogens with zero attached hydrogens (tertiary/aromatic N) is 21. The van der Waals surface area contributed by atoms with Gasteiger partial charge in [-0.05, 0) is 112 Å². The summed E-state index contributed by atoms with van der Waals surface area (Å²) in [5.41, 5.74) is 15.0. The van der Waals surface area contributed by atoms with Crippen LogP contribution in [0.4, 0.5) is 39.8 Å². The van der Waals surface area contributed by atoms with Gasteiger partial charge in [-0.3, -0.25) is 43.2 Å². The van der Waals surface area contributed by atoms with E-state index < -0.39 is 11.9 Å². The summed E-state index contributed by atoms with van der Waals surface area (Å²) < 4.78 is 18.7. The van der Waals surface area contributed by atoms with E-state index in [9.17, 15) is 43.2 Å². The van der Waals surface area contributed by atoms with Crippen molar-refractivity contribution in [1.82, 2.24) is 102 Å². The zero-order valence-electron chi connectivity index (χ0n) is 68.3. The number of aromatic nitrogens is 21. The lowest BCUT2D eigenvalue weighted by Gasteiger charge is -2.13. The third-order valence-corrected chi connectivity index (χ3v) is 20.1. The van der Waals surface area contributed by atoms with Gasteiger partial charge < -0.3 is 45.2 Å². The van der Waals surface area contributed by atoms with Crippen molar-refractivity contribution in [2.75, 3.05) is 13.2 Å². The summed E-state index contributed by atoms with van der Waals surface area (Å²) in [5.74, 6) is -0.940. The smallest absolute Gasteiger partial charge is 0.310 e. The minimum atomic E-state index is -0.471. The van der Waals surface area contributed by atoms with Crippen molar-refractivity contribution >= 4 is 91.3 Å². The highest BCUT2D eigenvalue weighted by atomic mass is 16.5. The molecule has 0 saturated heterocycles. The quantitative estimate of drug-likeness (QED) is 0.0494. The van der Waals surface area contributed by atoms with Crippen LogP contribution in [0.1, 0.15) is 125 Å². The number of hydrogen-bond acceptors (Lipinski definition) is 18. The maximum atomic E-state index is 12.5. The van der Waals surface area contributed by atoms with Crippen LogP contribution in [0.3, 0.4) is 0 Å². The molecule has 0 atom stereocenters. The molecule has 16 aromatic rings. The van der Waals surface area contributed by atoms with Gasteiger partial charge in [0.1, 0.15) is 0 Å². The van der Waals surface area contributed by atoms with E-state index in [4.69, 9.17) is 55.5 Å². The Bertz CT molecular complexity index is 7690. The fourth-order valence-electron chi connectivity index (χ4n) is 14.0. The number of hydrogen-bond donors (Lipinski definition) is 7. The van der Waals surface area contributed by atoms with E-state index in [0.29, 0.717) is 126 Å². The van der Waals surface area contributed by atoms with Crippen molar-refractivity contribution in [2.45, 2.75) is 133 Å². The molecule has 0 fully saturated rings. The first kappa shape index (κ1) is 86.1. The second-order valence-electron chi connectivity index (χ2n) is 27.9. The number of aryl methyl sites for hydroxylation is 8. The van der Waals surface area contributed by atoms with Gasteiger partial charge in [-0.25, -0.2) is 100 Å². The fraction of sp³-hybridized carbons (Fsp3) is 0.259. The number of carbonyl (C=O) groups is 2. The molecule has 0 amide bonds. The molecule has 0 unspecified atom stereocenters. The van der Waals surface area contributed by atoms with E-state index in [1.165, 1.54) is 64.1 Å². The Balaban J connectivity index is 0.000000132. The number of carbonyl (C=O) groups excluding carboxylic acids is 2. The summed E-state index contributed by atoms with van der Waals surface area (Å²) >= 11 is 0. The van der Waals surface area contributed by atoms with Crippen LogP contribution >= 0.6 is 0 Å². The Hall–Kier alpha value is -17.2. The number of aromatic amines is 7. The molecule has 2 aromatic carbocycles. The average Bonchev–Trinajstić information content (AvgIpc) is 1.65. The number of benzene rings is 2. The average molecular weight is 1670 g/mol. The molecule has 0 bridgehead atoms. The van der Waals surface area contributed by atoms with Crippen molar-refractivity contribution in [3.8, 4) is 11.3 Å². The van der Waals surface area contributed by atoms with Gasteiger partial charge in [-0.15, -0.1) is 0 Å². The molecular weight excluding hydrogens is 1590 g/mol. The maximum Gasteiger partial charge on any atom is 0.310 e. The minimum Gasteiger partial charge on any atom is -0.466 e. The van der Waals surface area contributed by atoms with Gasteiger partial charge in [-0.1, -0.05) is 67.6 Å². The number of ether oxygens (including phenoxy) is 2. The molecule has 0 saturated carbocycles. The van der Waals surface area contributed by atoms with Crippen LogP contribution in [0, 0.1) is 87.5 Å². The Morgan fingerprint density at radius 3 is 1.16 bits per heavy atom. The van der Waals surface area contributed by atoms with Gasteiger partial charge >= 0.3 is 11.9 Å². The predicted octanol–water partition coefficient (Wildman–Crippen LogP) is 11.3. The largest absolute Gasteiger partial charge is 0.466 e. The highest BCUT2D eigenvalue weighted by molar-refractivity contribution is 5.77. The molecule has 2 aliphatic carbocycles. The topological polar surface area (TPSA) is 434 Å². The molecule has 0 radical (unpaired) electrons. The third-order valence-electron chi connectivity index (χ3n) is 20.1. The van der Waals surface area contributed by atoms with E-state index in [-0.39, 0.29) is 93.1 Å². The lowest BCUT2D eigenvalue weighted by Crippen LogP contribution is -2.24. The van der Waals surface area contributed by atoms with E-state index in [1.807, 2.05) is 67.6 Å². The van der Waals surface area contributed by atoms with Gasteiger partial charge in [0.2, 0.25) is 28.4 Å². The summed E-state index contributed by atoms with van der Waals surface area (Å²) in [6.07, 6.45) is 14.8. The monoisotopic (exact) mass is 1660 g/mol. The number of rotatable bonds is 10. The van der Waals surface area contributed by atoms with Crippen molar-refractivity contribution in [1.29, 1.82) is 0 Å². The number of fused-ring (bicyclic) bond motifs is 9. The Morgan fingerprint density at radius 2 is 0.734 bits per heavy atom. The first-order valence-corrected chi connectivity index (χ1v) is 38.6. The van der Waals surface area contributed by atoms with E-state index in [2.05, 4.69) is 104 Å². The highest BCUT2D eigenvalue weighted by Crippen LogP contribution is 2.28. The zero-order valence-corrected chi connectivity index (χ0v) is 68.3. The van der Waals surface area contributed by atoms with E-state index >= 15 is 0 Å². The minimum absolute atomic E-state index is 0.0467. The van der Waals surface area contributed by atoms with Crippen LogP contribution in [-0.2, 0) is 70.4 Å². The van der Waals surface area contributed by atoms with Crippen molar-refractivity contribution in [2.24, 2.45) is 0 Å². The third kappa shape index (κ3) is 17.4. The van der Waals surface area contributed by atoms with Crippen molar-refractivity contribution in [3.05, 3.63) is 335 Å². The van der Waals surface area contributed by atoms with Crippen LogP contribution in [0.25, 0.3) is 84.7 Å². The molecule has 14 aromatic heterocycles. The molecule has 39 nitrogen and oxygen atoms in total. The predicted molar refractivity (Wildman–Crippen MR) is 456 cm³/mol. The maximum absolute atomic E-state index is 12.5. The van der Waals surface area contributed by atoms with Gasteiger partial charge in [0, 0.05) is 105 Å². The Morgan fingerprint density at radius 1 is 0.387 bits per heavy atom. The summed E-state index contributed by atoms with van der Waals surface area (Å²) in [7, 11) is 0. The fourth-order valence-corrected chi connectivity index (χ4v) is 14.0. The number of esters is 2. The zero-order chi connectivity index (χ0) is 88.9. The molecule has 7 N–H and O–H groups in total. The second kappa shape index (κ2) is 37.6. The Kier molecular flexibility index (Phi) is 26.1. The SMILES string of the molecule is [C-]#[N+]c1c(C)[nH]n2c(=O)c(CC(=O)OCC)c(C)nc12.[C-]#[N+]c1c(C)[nH]n2c(=O)c(CC)c(C)nc12.[C-]#[N+]c1c[nH]n2c(=O)c(CC(=O)OCC)c(C)nc12.[C-]#[N+]c1c[nH]n2c(=O)c(Cc3ccccc3)c(C)nc12.[C-]#[N+]c1c[nH]n2c(=O)c3c(nc12)CCC3.[C-]#[N+]c1c[nH]n2c(=O)c3c(nc12)CCCC3.[C-]#[N+]c1c[nH]n2c(=O)cc(-c3ccccc3)nc12. The van der Waals surface area contributed by atoms with E-state index in [0.717, 1.165) is 83.1 Å². The summed E-state index contributed by atoms with van der Waals surface area (Å²) in [5, 5.41) is 19.4. The lowest BCUT2D eigenvalue weighted by molar-refractivity contribution is -0.143. The van der Waals surface area contributed by atoms with Gasteiger partial charge in [0.05, 0.1) is 100 Å². The molecule has 2 aliphatic rings. The molecule has 0 aliphatic heterocycles. The first-order valence-electron chi connectivity index (χ1n) is 38.6. The van der Waals surface area contributed by atoms with Gasteiger partial charge in [0.15, 0.2) is 39.5 Å². The first-order chi connectivity index (χ1) is 59.8. The standard InChI is InChI=1S/C15H12N4O.C13H14N4O3.C13H8N4O.C12H12N4O3.C11H10N4O.C11H12N4O.C10H8N4O/c1-10-12(8-11-6-4-3-5-7-11)15(20)19-14(18-10)13(16-2)9-17-19;1-5-20-10(18)6-9-7(2)15-12-11(14-4)8(3)16-17(12)13(9)19;1-14-11-8-15-17-12(18)7-10(16-13(11)17)9-5-3-2-4-6-9;1-4-19-10(17)5-8-7(2)15-11-9(13-3)6-14-16(11)12(8)18;1-12-9-6-13-15-10(9)14-8-5-3-2-4-7(8)11(15)16;1-5-8-6(2)13-10-9(12-4)7(3)14-15(10)11(8)16;1-11-8-5-12-14-9(8)13-7-4-2-3-6(7)10(14)15/h3-7,9,17H,8H2,1H3;16H,5-6H2,1-3H3;2-8,15H;6,14H,4-5H2,1-2H3;6,13H,2-5H2;14H,5H2,1-3H3;5,12H,2-4H2. The summed E-state index contributed by atoms with van der Waals surface area (Å²) in [6.45, 7) is 65.4.